The maximum Gasteiger partial charge on any atom is 0.426 e. The number of nitrogens with one attached hydrogen (secondary N) is 2. The third-order valence-electron chi connectivity index (χ3n) is 8.16. The second kappa shape index (κ2) is 24.1. The van der Waals surface area contributed by atoms with Gasteiger partial charge in [0.1, 0.15) is 17.2 Å². The van der Waals surface area contributed by atoms with Gasteiger partial charge in [-0.1, -0.05) is 107 Å². The number of aliphatic carboxylic acids is 1. The number of thiophene rings is 1. The molecule has 0 aliphatic rings. The van der Waals surface area contributed by atoms with E-state index in [2.05, 4.69) is 41.8 Å². The van der Waals surface area contributed by atoms with Crippen LogP contribution in [-0.2, 0) is 41.7 Å². The fraction of sp³-hybridized carbons (Fsp3) is 0.425. The Balaban J connectivity index is 0.000000380. The minimum atomic E-state index is -4.43. The largest absolute Gasteiger partial charge is 0.488 e. The van der Waals surface area contributed by atoms with Gasteiger partial charge in [-0.15, -0.1) is 11.3 Å². The van der Waals surface area contributed by atoms with Crippen LogP contribution in [-0.4, -0.2) is 44.9 Å². The first-order valence-electron chi connectivity index (χ1n) is 17.7. The average molecular weight is 795 g/mol. The number of hydrogen-bond acceptors (Lipinski definition) is 7. The molecule has 0 amide bonds. The fourth-order valence-electron chi connectivity index (χ4n) is 5.23. The van der Waals surface area contributed by atoms with Crippen LogP contribution >= 0.6 is 18.9 Å². The number of rotatable bonds is 21. The van der Waals surface area contributed by atoms with E-state index in [-0.39, 0.29) is 32.4 Å². The van der Waals surface area contributed by atoms with Crippen molar-refractivity contribution in [3.63, 3.8) is 0 Å². The number of carbonyl (C=O) groups is 1. The van der Waals surface area contributed by atoms with Gasteiger partial charge in [0.25, 0.3) is 0 Å². The molecular weight excluding hydrogens is 740 g/mol. The van der Waals surface area contributed by atoms with Crippen LogP contribution in [0.3, 0.4) is 0 Å². The molecule has 1 atom stereocenters. The number of aryl methyl sites for hydroxylation is 1. The number of benzene rings is 3. The Kier molecular flexibility index (Phi) is 20.8. The Hall–Kier alpha value is -3.55. The summed E-state index contributed by atoms with van der Waals surface area (Å²) >= 11 is 0.692. The van der Waals surface area contributed by atoms with Crippen molar-refractivity contribution in [1.82, 2.24) is 10.6 Å². The lowest BCUT2D eigenvalue weighted by molar-refractivity contribution is -0.137. The number of carboxylic acid groups (broad SMARTS) is 1. The van der Waals surface area contributed by atoms with E-state index in [1.165, 1.54) is 43.7 Å². The molecule has 1 aromatic heterocycles. The van der Waals surface area contributed by atoms with E-state index in [1.807, 2.05) is 12.1 Å². The lowest BCUT2D eigenvalue weighted by Gasteiger charge is -2.12. The zero-order valence-electron chi connectivity index (χ0n) is 29.9. The van der Waals surface area contributed by atoms with E-state index in [1.54, 1.807) is 42.5 Å². The quantitative estimate of drug-likeness (QED) is 0.0359. The van der Waals surface area contributed by atoms with Crippen molar-refractivity contribution in [2.24, 2.45) is 0 Å². The van der Waals surface area contributed by atoms with Crippen LogP contribution < -0.4 is 15.4 Å². The summed E-state index contributed by atoms with van der Waals surface area (Å²) in [6, 6.07) is 25.6. The number of carboxylic acids is 1. The Morgan fingerprint density at radius 3 is 2.00 bits per heavy atom. The molecule has 0 saturated heterocycles. The molecule has 0 fully saturated rings. The molecule has 54 heavy (non-hydrogen) atoms. The standard InChI is InChI=1S/C22H20F3NO3S.C17H30NO4P.CH4/c23-22(24,25)21-19(16-4-2-1-3-5-16)12-18(30-21)14-29-17-8-6-15(7-9-17)13-26-11-10-20(27)28;1-2-3-4-5-6-7-15-8-10-16(11-9-15)14-18-13-12-17(19)23(20,21)22;/h1-9,12,26H,10-11,13-14H2,(H,27,28);8-11,17-19H,2-7,12-14H2,1H3,(H2,20,21,22);1H4. The van der Waals surface area contributed by atoms with Gasteiger partial charge >= 0.3 is 19.7 Å². The molecule has 14 heteroatoms. The molecule has 9 nitrogen and oxygen atoms in total. The highest BCUT2D eigenvalue weighted by molar-refractivity contribution is 7.52. The predicted octanol–water partition coefficient (Wildman–Crippen LogP) is 9.39. The lowest BCUT2D eigenvalue weighted by atomic mass is 10.0. The van der Waals surface area contributed by atoms with Crippen LogP contribution in [0.1, 0.15) is 85.7 Å². The van der Waals surface area contributed by atoms with Gasteiger partial charge in [-0.25, -0.2) is 0 Å². The molecule has 1 heterocycles. The second-order valence-electron chi connectivity index (χ2n) is 12.6. The molecule has 6 N–H and O–H groups in total. The number of alkyl halides is 3. The van der Waals surface area contributed by atoms with Crippen molar-refractivity contribution < 1.29 is 47.3 Å². The summed E-state index contributed by atoms with van der Waals surface area (Å²) < 4.78 is 56.8. The molecule has 0 aliphatic heterocycles. The summed E-state index contributed by atoms with van der Waals surface area (Å²) in [5, 5.41) is 24.0. The smallest absolute Gasteiger partial charge is 0.426 e. The SMILES string of the molecule is C.CCCCCCCc1ccc(CNCCC(O)P(=O)(O)O)cc1.O=C(O)CCNCc1ccc(OCc2cc(-c3ccccc3)c(C(F)(F)F)s2)cc1. The molecule has 0 aliphatic carbocycles. The zero-order valence-corrected chi connectivity index (χ0v) is 31.6. The first-order chi connectivity index (χ1) is 25.3. The maximum atomic E-state index is 13.5. The maximum absolute atomic E-state index is 13.5. The van der Waals surface area contributed by atoms with Gasteiger partial charge in [0, 0.05) is 30.1 Å². The Labute approximate surface area is 320 Å². The van der Waals surface area contributed by atoms with Crippen LogP contribution in [0.5, 0.6) is 5.75 Å². The summed E-state index contributed by atoms with van der Waals surface area (Å²) in [6.45, 7) is 4.15. The van der Waals surface area contributed by atoms with Crippen molar-refractivity contribution in [2.75, 3.05) is 13.1 Å². The molecule has 0 radical (unpaired) electrons. The van der Waals surface area contributed by atoms with Crippen molar-refractivity contribution >= 4 is 24.9 Å². The molecule has 3 aromatic carbocycles. The minimum Gasteiger partial charge on any atom is -0.488 e. The van der Waals surface area contributed by atoms with E-state index in [0.29, 0.717) is 53.7 Å². The summed E-state index contributed by atoms with van der Waals surface area (Å²) in [5.41, 5.74) is 4.11. The van der Waals surface area contributed by atoms with Crippen molar-refractivity contribution in [2.45, 2.75) is 97.4 Å². The fourth-order valence-corrected chi connectivity index (χ4v) is 6.66. The Morgan fingerprint density at radius 2 is 1.43 bits per heavy atom. The average Bonchev–Trinajstić information content (AvgIpc) is 3.58. The predicted molar refractivity (Wildman–Crippen MR) is 210 cm³/mol. The first kappa shape index (κ1) is 46.6. The Morgan fingerprint density at radius 1 is 0.852 bits per heavy atom. The molecule has 0 spiro atoms. The van der Waals surface area contributed by atoms with Gasteiger partial charge in [0.05, 0.1) is 6.42 Å². The van der Waals surface area contributed by atoms with Gasteiger partial charge in [-0.05, 0) is 66.3 Å². The summed E-state index contributed by atoms with van der Waals surface area (Å²) in [4.78, 5) is 27.9. The van der Waals surface area contributed by atoms with Crippen molar-refractivity contribution in [1.29, 1.82) is 0 Å². The normalized spacial score (nSPS) is 12.0. The third-order valence-corrected chi connectivity index (χ3v) is 10.4. The lowest BCUT2D eigenvalue weighted by Crippen LogP contribution is -2.20. The highest BCUT2D eigenvalue weighted by Gasteiger charge is 2.36. The van der Waals surface area contributed by atoms with Gasteiger partial charge in [0.15, 0.2) is 5.85 Å². The van der Waals surface area contributed by atoms with Crippen molar-refractivity contribution in [3.8, 4) is 16.9 Å². The number of aliphatic hydroxyl groups excluding tert-OH is 1. The molecule has 0 bridgehead atoms. The van der Waals surface area contributed by atoms with E-state index in [4.69, 9.17) is 19.6 Å². The monoisotopic (exact) mass is 794 g/mol. The van der Waals surface area contributed by atoms with E-state index >= 15 is 0 Å². The minimum absolute atomic E-state index is 0. The van der Waals surface area contributed by atoms with Gasteiger partial charge < -0.3 is 35.4 Å². The molecule has 1 unspecified atom stereocenters. The van der Waals surface area contributed by atoms with Gasteiger partial charge in [-0.3, -0.25) is 9.36 Å². The summed E-state index contributed by atoms with van der Waals surface area (Å²) in [7, 11) is -4.38. The summed E-state index contributed by atoms with van der Waals surface area (Å²) in [6.07, 6.45) is 3.21. The van der Waals surface area contributed by atoms with E-state index in [0.717, 1.165) is 17.5 Å². The number of halogens is 3. The third kappa shape index (κ3) is 17.7. The van der Waals surface area contributed by atoms with Crippen LogP contribution in [0, 0.1) is 0 Å². The van der Waals surface area contributed by atoms with Gasteiger partial charge in [0.2, 0.25) is 0 Å². The zero-order chi connectivity index (χ0) is 38.7. The van der Waals surface area contributed by atoms with Crippen LogP contribution in [0.2, 0.25) is 0 Å². The number of aliphatic hydroxyl groups is 1. The van der Waals surface area contributed by atoms with Crippen LogP contribution in [0.15, 0.2) is 84.9 Å². The summed E-state index contributed by atoms with van der Waals surface area (Å²) in [5.74, 6) is -1.89. The topological polar surface area (TPSA) is 148 Å². The van der Waals surface area contributed by atoms with Crippen molar-refractivity contribution in [3.05, 3.63) is 111 Å². The molecule has 4 aromatic rings. The van der Waals surface area contributed by atoms with Crippen LogP contribution in [0.4, 0.5) is 13.2 Å². The van der Waals surface area contributed by atoms with E-state index < -0.39 is 30.5 Å². The van der Waals surface area contributed by atoms with Crippen LogP contribution in [0.25, 0.3) is 11.1 Å². The van der Waals surface area contributed by atoms with Gasteiger partial charge in [-0.2, -0.15) is 13.2 Å². The number of ether oxygens (including phenoxy) is 1. The molecule has 4 rings (SSSR count). The molecule has 0 saturated carbocycles. The number of hydrogen-bond donors (Lipinski definition) is 6. The first-order valence-corrected chi connectivity index (χ1v) is 20.2. The molecular formula is C40H54F3N2O7PS. The second-order valence-corrected chi connectivity index (χ2v) is 15.5. The van der Waals surface area contributed by atoms with E-state index in [9.17, 15) is 27.6 Å². The Bertz CT molecular complexity index is 1680. The highest BCUT2D eigenvalue weighted by atomic mass is 32.1. The highest BCUT2D eigenvalue weighted by Crippen LogP contribution is 2.43. The molecule has 298 valence electrons. The number of unbranched alkanes of at least 4 members (excludes halogenated alkanes) is 4.